The molecule has 7 nitrogen and oxygen atoms in total. The molecule has 0 spiro atoms. The molecule has 3 heterocycles. The van der Waals surface area contributed by atoms with Crippen LogP contribution >= 0.6 is 11.3 Å². The SMILES string of the molecule is Cc1ccnc2nc(C(=O)Nc3ccc(-c4nc5ccccc5s4)cc3)nn12. The molecule has 3 aromatic heterocycles. The van der Waals surface area contributed by atoms with E-state index in [9.17, 15) is 4.79 Å². The number of nitrogens with one attached hydrogen (secondary N) is 1. The molecule has 5 aromatic rings. The highest BCUT2D eigenvalue weighted by Crippen LogP contribution is 2.30. The minimum absolute atomic E-state index is 0.0806. The van der Waals surface area contributed by atoms with E-state index in [4.69, 9.17) is 0 Å². The van der Waals surface area contributed by atoms with Crippen LogP contribution in [0.3, 0.4) is 0 Å². The van der Waals surface area contributed by atoms with E-state index in [2.05, 4.69) is 31.4 Å². The molecule has 0 saturated carbocycles. The van der Waals surface area contributed by atoms with E-state index < -0.39 is 0 Å². The van der Waals surface area contributed by atoms with E-state index >= 15 is 0 Å². The summed E-state index contributed by atoms with van der Waals surface area (Å²) in [7, 11) is 0. The number of carbonyl (C=O) groups is 1. The standard InChI is InChI=1S/C20H14N6OS/c1-12-10-11-21-20-24-17(25-26(12)20)18(27)22-14-8-6-13(7-9-14)19-23-15-4-2-3-5-16(15)28-19/h2-11H,1H3,(H,22,27). The molecule has 2 aromatic carbocycles. The summed E-state index contributed by atoms with van der Waals surface area (Å²) in [5, 5.41) is 7.99. The van der Waals surface area contributed by atoms with Crippen LogP contribution in [-0.4, -0.2) is 30.5 Å². The number of para-hydroxylation sites is 1. The molecule has 8 heteroatoms. The van der Waals surface area contributed by atoms with E-state index in [1.807, 2.05) is 55.5 Å². The lowest BCUT2D eigenvalue weighted by Crippen LogP contribution is -2.14. The molecule has 0 atom stereocenters. The zero-order valence-corrected chi connectivity index (χ0v) is 15.6. The van der Waals surface area contributed by atoms with Gasteiger partial charge in [0.25, 0.3) is 11.7 Å². The Balaban J connectivity index is 1.38. The number of aromatic nitrogens is 5. The number of amides is 1. The fourth-order valence-corrected chi connectivity index (χ4v) is 3.85. The molecule has 0 bridgehead atoms. The number of hydrogen-bond acceptors (Lipinski definition) is 6. The second-order valence-electron chi connectivity index (χ2n) is 6.25. The maximum atomic E-state index is 12.5. The fraction of sp³-hybridized carbons (Fsp3) is 0.0500. The Hall–Kier alpha value is -3.65. The van der Waals surface area contributed by atoms with Crippen LogP contribution in [0, 0.1) is 6.92 Å². The van der Waals surface area contributed by atoms with E-state index in [0.29, 0.717) is 11.5 Å². The van der Waals surface area contributed by atoms with Gasteiger partial charge in [0.15, 0.2) is 0 Å². The molecule has 5 rings (SSSR count). The van der Waals surface area contributed by atoms with E-state index in [1.54, 1.807) is 22.0 Å². The van der Waals surface area contributed by atoms with E-state index in [0.717, 1.165) is 26.5 Å². The van der Waals surface area contributed by atoms with Crippen LogP contribution in [0.5, 0.6) is 0 Å². The van der Waals surface area contributed by atoms with Gasteiger partial charge in [-0.25, -0.2) is 14.5 Å². The third kappa shape index (κ3) is 2.89. The van der Waals surface area contributed by atoms with Crippen molar-refractivity contribution in [3.05, 3.63) is 72.3 Å². The maximum Gasteiger partial charge on any atom is 0.295 e. The molecule has 0 saturated heterocycles. The Kier molecular flexibility index (Phi) is 3.84. The van der Waals surface area contributed by atoms with Crippen LogP contribution < -0.4 is 5.32 Å². The lowest BCUT2D eigenvalue weighted by atomic mass is 10.2. The van der Waals surface area contributed by atoms with Gasteiger partial charge in [0.1, 0.15) is 5.01 Å². The average molecular weight is 386 g/mol. The smallest absolute Gasteiger partial charge is 0.295 e. The Morgan fingerprint density at radius 2 is 1.86 bits per heavy atom. The highest BCUT2D eigenvalue weighted by atomic mass is 32.1. The number of benzene rings is 2. The van der Waals surface area contributed by atoms with Crippen molar-refractivity contribution in [3.8, 4) is 10.6 Å². The number of aryl methyl sites for hydroxylation is 1. The number of fused-ring (bicyclic) bond motifs is 2. The van der Waals surface area contributed by atoms with Crippen molar-refractivity contribution in [3.63, 3.8) is 0 Å². The Morgan fingerprint density at radius 3 is 2.64 bits per heavy atom. The van der Waals surface area contributed by atoms with Gasteiger partial charge in [-0.1, -0.05) is 12.1 Å². The second-order valence-corrected chi connectivity index (χ2v) is 7.28. The Morgan fingerprint density at radius 1 is 1.04 bits per heavy atom. The van der Waals surface area contributed by atoms with E-state index in [-0.39, 0.29) is 11.7 Å². The largest absolute Gasteiger partial charge is 0.319 e. The van der Waals surface area contributed by atoms with Crippen LogP contribution in [0.25, 0.3) is 26.6 Å². The number of anilines is 1. The van der Waals surface area contributed by atoms with Crippen molar-refractivity contribution in [1.82, 2.24) is 24.6 Å². The first-order valence-corrected chi connectivity index (χ1v) is 9.45. The van der Waals surface area contributed by atoms with Crippen LogP contribution in [-0.2, 0) is 0 Å². The van der Waals surface area contributed by atoms with Gasteiger partial charge < -0.3 is 5.32 Å². The summed E-state index contributed by atoms with van der Waals surface area (Å²) in [5.74, 6) is 0.103. The minimum atomic E-state index is -0.377. The molecular weight excluding hydrogens is 372 g/mol. The first-order chi connectivity index (χ1) is 13.7. The van der Waals surface area contributed by atoms with Gasteiger partial charge in [-0.3, -0.25) is 4.79 Å². The summed E-state index contributed by atoms with van der Waals surface area (Å²) >= 11 is 1.64. The van der Waals surface area contributed by atoms with Crippen molar-refractivity contribution in [1.29, 1.82) is 0 Å². The molecule has 0 unspecified atom stereocenters. The molecule has 0 radical (unpaired) electrons. The molecule has 1 amide bonds. The van der Waals surface area contributed by atoms with Gasteiger partial charge in [-0.15, -0.1) is 16.4 Å². The molecule has 136 valence electrons. The summed E-state index contributed by atoms with van der Waals surface area (Å²) in [4.78, 5) is 25.4. The topological polar surface area (TPSA) is 85.1 Å². The molecular formula is C20H14N6OS. The third-order valence-corrected chi connectivity index (χ3v) is 5.40. The predicted molar refractivity (Wildman–Crippen MR) is 109 cm³/mol. The first-order valence-electron chi connectivity index (χ1n) is 8.63. The monoisotopic (exact) mass is 386 g/mol. The predicted octanol–water partition coefficient (Wildman–Crippen LogP) is 3.96. The van der Waals surface area contributed by atoms with Crippen molar-refractivity contribution >= 4 is 38.9 Å². The van der Waals surface area contributed by atoms with Crippen molar-refractivity contribution < 1.29 is 4.79 Å². The Labute approximate surface area is 163 Å². The second kappa shape index (κ2) is 6.50. The van der Waals surface area contributed by atoms with Gasteiger partial charge >= 0.3 is 0 Å². The normalized spacial score (nSPS) is 11.2. The minimum Gasteiger partial charge on any atom is -0.319 e. The van der Waals surface area contributed by atoms with Crippen molar-refractivity contribution in [2.75, 3.05) is 5.32 Å². The van der Waals surface area contributed by atoms with Gasteiger partial charge in [-0.05, 0) is 49.4 Å². The number of nitrogens with zero attached hydrogens (tertiary/aromatic N) is 5. The van der Waals surface area contributed by atoms with Crippen LogP contribution in [0.1, 0.15) is 16.3 Å². The van der Waals surface area contributed by atoms with Crippen LogP contribution in [0.4, 0.5) is 5.69 Å². The van der Waals surface area contributed by atoms with Crippen LogP contribution in [0.15, 0.2) is 60.8 Å². The molecule has 0 aliphatic rings. The van der Waals surface area contributed by atoms with Gasteiger partial charge in [0.05, 0.1) is 10.2 Å². The van der Waals surface area contributed by atoms with Gasteiger partial charge in [0, 0.05) is 23.1 Å². The number of carbonyl (C=O) groups excluding carboxylic acids is 1. The van der Waals surface area contributed by atoms with Crippen molar-refractivity contribution in [2.45, 2.75) is 6.92 Å². The molecule has 0 aliphatic heterocycles. The van der Waals surface area contributed by atoms with Gasteiger partial charge in [0.2, 0.25) is 5.82 Å². The summed E-state index contributed by atoms with van der Waals surface area (Å²) in [6.07, 6.45) is 1.64. The summed E-state index contributed by atoms with van der Waals surface area (Å²) in [5.41, 5.74) is 3.52. The van der Waals surface area contributed by atoms with Crippen LogP contribution in [0.2, 0.25) is 0 Å². The number of rotatable bonds is 3. The average Bonchev–Trinajstić information content (AvgIpc) is 3.33. The number of thiazole rings is 1. The first kappa shape index (κ1) is 16.5. The molecule has 28 heavy (non-hydrogen) atoms. The highest BCUT2D eigenvalue weighted by Gasteiger charge is 2.15. The van der Waals surface area contributed by atoms with Crippen molar-refractivity contribution in [2.24, 2.45) is 0 Å². The summed E-state index contributed by atoms with van der Waals surface area (Å²) < 4.78 is 2.70. The third-order valence-electron chi connectivity index (χ3n) is 4.32. The number of hydrogen-bond donors (Lipinski definition) is 1. The zero-order valence-electron chi connectivity index (χ0n) is 14.8. The summed E-state index contributed by atoms with van der Waals surface area (Å²) in [6.45, 7) is 1.88. The lowest BCUT2D eigenvalue weighted by molar-refractivity contribution is 0.101. The zero-order chi connectivity index (χ0) is 19.1. The summed E-state index contributed by atoms with van der Waals surface area (Å²) in [6, 6.07) is 17.4. The maximum absolute atomic E-state index is 12.5. The molecule has 0 aliphatic carbocycles. The van der Waals surface area contributed by atoms with Gasteiger partial charge in [-0.2, -0.15) is 4.98 Å². The van der Waals surface area contributed by atoms with E-state index in [1.165, 1.54) is 0 Å². The highest BCUT2D eigenvalue weighted by molar-refractivity contribution is 7.21. The Bertz CT molecular complexity index is 1290. The molecule has 1 N–H and O–H groups in total. The molecule has 0 fully saturated rings. The fourth-order valence-electron chi connectivity index (χ4n) is 2.88. The lowest BCUT2D eigenvalue weighted by Gasteiger charge is -2.03. The quantitative estimate of drug-likeness (QED) is 0.507.